The monoisotopic (exact) mass is 343 g/mol. The van der Waals surface area contributed by atoms with Gasteiger partial charge in [0.1, 0.15) is 5.75 Å². The fraction of sp³-hybridized carbons (Fsp3) is 0.111. The highest BCUT2D eigenvalue weighted by Crippen LogP contribution is 2.34. The number of aryl methyl sites for hydroxylation is 1. The molecule has 0 aliphatic heterocycles. The van der Waals surface area contributed by atoms with Crippen LogP contribution in [0.2, 0.25) is 0 Å². The van der Waals surface area contributed by atoms with Crippen molar-refractivity contribution in [1.82, 2.24) is 4.57 Å². The van der Waals surface area contributed by atoms with Gasteiger partial charge in [0.05, 0.1) is 5.52 Å². The summed E-state index contributed by atoms with van der Waals surface area (Å²) in [4.78, 5) is 23.4. The number of pyridine rings is 1. The highest BCUT2D eigenvalue weighted by atomic mass is 19.1. The molecule has 7 heteroatoms. The quantitative estimate of drug-likeness (QED) is 0.740. The Labute approximate surface area is 141 Å². The number of rotatable bonds is 3. The molecule has 1 N–H and O–H groups in total. The highest BCUT2D eigenvalue weighted by Gasteiger charge is 2.18. The van der Waals surface area contributed by atoms with Crippen LogP contribution in [0.1, 0.15) is 6.92 Å². The molecule has 2 aromatic carbocycles. The van der Waals surface area contributed by atoms with E-state index >= 15 is 0 Å². The zero-order valence-corrected chi connectivity index (χ0v) is 13.4. The summed E-state index contributed by atoms with van der Waals surface area (Å²) in [6.45, 7) is 1.13. The molecule has 0 saturated heterocycles. The van der Waals surface area contributed by atoms with Gasteiger partial charge in [0.2, 0.25) is 5.75 Å². The standard InChI is InChI=1S/C18H14FNO5/c1-10(21)24-17-16(22)12-8-7-11(9-14(12)20(2)18(17)23)25-15-6-4-3-5-13(15)19/h3-9,22H,1-2H3. The Balaban J connectivity index is 2.12. The molecule has 0 saturated carbocycles. The van der Waals surface area contributed by atoms with E-state index in [1.54, 1.807) is 12.1 Å². The summed E-state index contributed by atoms with van der Waals surface area (Å²) in [6.07, 6.45) is 0. The Hall–Kier alpha value is -3.35. The number of carbonyl (C=O) groups excluding carboxylic acids is 1. The van der Waals surface area contributed by atoms with Crippen LogP contribution in [0.15, 0.2) is 47.3 Å². The van der Waals surface area contributed by atoms with Crippen LogP contribution in [0.4, 0.5) is 4.39 Å². The summed E-state index contributed by atoms with van der Waals surface area (Å²) in [5.41, 5.74) is -0.338. The van der Waals surface area contributed by atoms with E-state index in [-0.39, 0.29) is 11.5 Å². The first-order valence-electron chi connectivity index (χ1n) is 7.35. The number of para-hydroxylation sites is 1. The van der Waals surface area contributed by atoms with Crippen molar-refractivity contribution in [2.75, 3.05) is 0 Å². The number of ether oxygens (including phenoxy) is 2. The fourth-order valence-corrected chi connectivity index (χ4v) is 2.43. The van der Waals surface area contributed by atoms with Gasteiger partial charge in [-0.2, -0.15) is 0 Å². The summed E-state index contributed by atoms with van der Waals surface area (Å²) in [7, 11) is 1.46. The lowest BCUT2D eigenvalue weighted by Crippen LogP contribution is -2.21. The molecular weight excluding hydrogens is 329 g/mol. The molecule has 0 fully saturated rings. The zero-order chi connectivity index (χ0) is 18.1. The second kappa shape index (κ2) is 6.27. The van der Waals surface area contributed by atoms with Crippen molar-refractivity contribution < 1.29 is 23.8 Å². The van der Waals surface area contributed by atoms with Gasteiger partial charge in [0.15, 0.2) is 17.3 Å². The molecule has 0 unspecified atom stereocenters. The van der Waals surface area contributed by atoms with E-state index in [9.17, 15) is 19.1 Å². The Kier molecular flexibility index (Phi) is 4.14. The Morgan fingerprint density at radius 2 is 1.92 bits per heavy atom. The predicted octanol–water partition coefficient (Wildman–Crippen LogP) is 3.10. The Morgan fingerprint density at radius 3 is 2.60 bits per heavy atom. The topological polar surface area (TPSA) is 77.8 Å². The number of fused-ring (bicyclic) bond motifs is 1. The van der Waals surface area contributed by atoms with Crippen molar-refractivity contribution >= 4 is 16.9 Å². The van der Waals surface area contributed by atoms with Crippen LogP contribution in [-0.2, 0) is 11.8 Å². The number of halogens is 1. The van der Waals surface area contributed by atoms with Crippen LogP contribution < -0.4 is 15.0 Å². The lowest BCUT2D eigenvalue weighted by Gasteiger charge is -2.13. The Morgan fingerprint density at radius 1 is 1.20 bits per heavy atom. The maximum absolute atomic E-state index is 13.7. The molecule has 128 valence electrons. The zero-order valence-electron chi connectivity index (χ0n) is 13.4. The number of aromatic nitrogens is 1. The summed E-state index contributed by atoms with van der Waals surface area (Å²) in [5.74, 6) is -1.80. The van der Waals surface area contributed by atoms with Gasteiger partial charge in [0.25, 0.3) is 5.56 Å². The van der Waals surface area contributed by atoms with Crippen molar-refractivity contribution in [1.29, 1.82) is 0 Å². The van der Waals surface area contributed by atoms with Crippen molar-refractivity contribution in [3.63, 3.8) is 0 Å². The van der Waals surface area contributed by atoms with Gasteiger partial charge in [-0.1, -0.05) is 12.1 Å². The molecule has 1 aromatic heterocycles. The molecule has 0 radical (unpaired) electrons. The molecule has 0 aliphatic rings. The number of hydrogen-bond donors (Lipinski definition) is 1. The minimum Gasteiger partial charge on any atom is -0.504 e. The SMILES string of the molecule is CC(=O)Oc1c(O)c2ccc(Oc3ccccc3F)cc2n(C)c1=O. The largest absolute Gasteiger partial charge is 0.504 e. The van der Waals surface area contributed by atoms with E-state index in [4.69, 9.17) is 9.47 Å². The summed E-state index contributed by atoms with van der Waals surface area (Å²) >= 11 is 0. The van der Waals surface area contributed by atoms with Crippen LogP contribution in [-0.4, -0.2) is 15.6 Å². The van der Waals surface area contributed by atoms with E-state index in [1.165, 1.54) is 41.9 Å². The number of carbonyl (C=O) groups is 1. The summed E-state index contributed by atoms with van der Waals surface area (Å²) in [6, 6.07) is 10.4. The maximum Gasteiger partial charge on any atom is 0.308 e. The van der Waals surface area contributed by atoms with Crippen molar-refractivity contribution in [2.24, 2.45) is 7.05 Å². The second-order valence-electron chi connectivity index (χ2n) is 5.35. The van der Waals surface area contributed by atoms with Crippen LogP contribution >= 0.6 is 0 Å². The lowest BCUT2D eigenvalue weighted by atomic mass is 10.1. The van der Waals surface area contributed by atoms with Crippen LogP contribution in [0.3, 0.4) is 0 Å². The Bertz CT molecular complexity index is 1040. The minimum atomic E-state index is -0.716. The normalized spacial score (nSPS) is 10.7. The molecule has 1 heterocycles. The highest BCUT2D eigenvalue weighted by molar-refractivity contribution is 5.89. The van der Waals surface area contributed by atoms with E-state index < -0.39 is 28.8 Å². The number of hydrogen-bond acceptors (Lipinski definition) is 5. The molecule has 6 nitrogen and oxygen atoms in total. The minimum absolute atomic E-state index is 0.0348. The second-order valence-corrected chi connectivity index (χ2v) is 5.35. The van der Waals surface area contributed by atoms with E-state index in [0.717, 1.165) is 6.92 Å². The van der Waals surface area contributed by atoms with Gasteiger partial charge >= 0.3 is 5.97 Å². The molecule has 0 bridgehead atoms. The molecule has 0 amide bonds. The first-order chi connectivity index (χ1) is 11.9. The van der Waals surface area contributed by atoms with E-state index in [1.807, 2.05) is 0 Å². The van der Waals surface area contributed by atoms with Gasteiger partial charge in [-0.25, -0.2) is 4.39 Å². The number of aromatic hydroxyl groups is 1. The third kappa shape index (κ3) is 3.03. The molecule has 0 spiro atoms. The molecule has 25 heavy (non-hydrogen) atoms. The third-order valence-corrected chi connectivity index (χ3v) is 3.61. The molecule has 3 rings (SSSR count). The van der Waals surface area contributed by atoms with Crippen molar-refractivity contribution in [3.8, 4) is 23.0 Å². The third-order valence-electron chi connectivity index (χ3n) is 3.61. The maximum atomic E-state index is 13.7. The van der Waals surface area contributed by atoms with E-state index in [2.05, 4.69) is 0 Å². The summed E-state index contributed by atoms with van der Waals surface area (Å²) < 4.78 is 25.2. The number of benzene rings is 2. The summed E-state index contributed by atoms with van der Waals surface area (Å²) in [5, 5.41) is 10.5. The van der Waals surface area contributed by atoms with E-state index in [0.29, 0.717) is 10.9 Å². The fourth-order valence-electron chi connectivity index (χ4n) is 2.43. The van der Waals surface area contributed by atoms with Gasteiger partial charge < -0.3 is 19.1 Å². The lowest BCUT2D eigenvalue weighted by molar-refractivity contribution is -0.132. The van der Waals surface area contributed by atoms with Crippen molar-refractivity contribution in [3.05, 3.63) is 58.6 Å². The number of esters is 1. The number of nitrogens with zero attached hydrogens (tertiary/aromatic N) is 1. The first kappa shape index (κ1) is 16.5. The predicted molar refractivity (Wildman–Crippen MR) is 88.6 cm³/mol. The molecule has 0 aliphatic carbocycles. The van der Waals surface area contributed by atoms with Crippen molar-refractivity contribution in [2.45, 2.75) is 6.92 Å². The molecule has 3 aromatic rings. The first-order valence-corrected chi connectivity index (χ1v) is 7.35. The van der Waals surface area contributed by atoms with Crippen LogP contribution in [0, 0.1) is 5.82 Å². The van der Waals surface area contributed by atoms with Gasteiger partial charge in [-0.05, 0) is 24.3 Å². The average Bonchev–Trinajstić information content (AvgIpc) is 2.58. The van der Waals surface area contributed by atoms with Crippen LogP contribution in [0.25, 0.3) is 10.9 Å². The van der Waals surface area contributed by atoms with Gasteiger partial charge in [0, 0.05) is 25.4 Å². The van der Waals surface area contributed by atoms with Gasteiger partial charge in [-0.15, -0.1) is 0 Å². The molecular formula is C18H14FNO5. The smallest absolute Gasteiger partial charge is 0.308 e. The molecule has 0 atom stereocenters. The van der Waals surface area contributed by atoms with Gasteiger partial charge in [-0.3, -0.25) is 9.59 Å². The average molecular weight is 343 g/mol. The van der Waals surface area contributed by atoms with Crippen LogP contribution in [0.5, 0.6) is 23.0 Å².